The molecule has 0 aromatic heterocycles. The molecule has 0 amide bonds. The average Bonchev–Trinajstić information content (AvgIpc) is 1.84. The van der Waals surface area contributed by atoms with Crippen LogP contribution in [0.3, 0.4) is 0 Å². The molecule has 0 unspecified atom stereocenters. The van der Waals surface area contributed by atoms with Gasteiger partial charge in [0.15, 0.2) is 5.78 Å². The minimum absolute atomic E-state index is 0.125. The third kappa shape index (κ3) is 1.76. The molecule has 0 atom stereocenters. The monoisotopic (exact) mass is 110 g/mol. The van der Waals surface area contributed by atoms with Crippen LogP contribution in [0.25, 0.3) is 0 Å². The number of rotatable bonds is 2. The number of ketones is 1. The standard InChI is InChI=1S/C7H10O/c1-4-6(3)7(8)5-2/h1,5H2,2-3H3. The number of carbonyl (C=O) groups excluding carboxylic acids is 1. The van der Waals surface area contributed by atoms with Crippen molar-refractivity contribution < 1.29 is 4.79 Å². The van der Waals surface area contributed by atoms with Crippen LogP contribution >= 0.6 is 0 Å². The Kier molecular flexibility index (Phi) is 2.90. The van der Waals surface area contributed by atoms with Crippen molar-refractivity contribution in [3.8, 4) is 0 Å². The lowest BCUT2D eigenvalue weighted by molar-refractivity contribution is -0.115. The summed E-state index contributed by atoms with van der Waals surface area (Å²) in [5.41, 5.74) is 3.16. The zero-order valence-corrected chi connectivity index (χ0v) is 5.32. The van der Waals surface area contributed by atoms with Gasteiger partial charge in [0.05, 0.1) is 0 Å². The van der Waals surface area contributed by atoms with Gasteiger partial charge < -0.3 is 0 Å². The number of allylic oxidation sites excluding steroid dienone is 1. The molecule has 0 aromatic carbocycles. The van der Waals surface area contributed by atoms with Gasteiger partial charge in [-0.05, 0) is 6.92 Å². The second-order valence-corrected chi connectivity index (χ2v) is 1.58. The van der Waals surface area contributed by atoms with E-state index in [4.69, 9.17) is 0 Å². The number of hydrogen-bond donors (Lipinski definition) is 0. The Labute approximate surface area is 49.7 Å². The number of Topliss-reactive ketones (excluding diaryl/α,β-unsaturated/α-hetero) is 1. The van der Waals surface area contributed by atoms with Gasteiger partial charge in [-0.25, -0.2) is 0 Å². The first-order valence-corrected chi connectivity index (χ1v) is 2.62. The first-order valence-electron chi connectivity index (χ1n) is 2.62. The Morgan fingerprint density at radius 1 is 1.75 bits per heavy atom. The van der Waals surface area contributed by atoms with E-state index in [0.29, 0.717) is 12.0 Å². The summed E-state index contributed by atoms with van der Waals surface area (Å²) in [6.45, 7) is 6.89. The van der Waals surface area contributed by atoms with Gasteiger partial charge in [0.25, 0.3) is 0 Å². The van der Waals surface area contributed by atoms with E-state index in [1.54, 1.807) is 6.92 Å². The van der Waals surface area contributed by atoms with Gasteiger partial charge in [0.2, 0.25) is 0 Å². The van der Waals surface area contributed by atoms with Crippen molar-refractivity contribution in [2.45, 2.75) is 20.3 Å². The predicted molar refractivity (Wildman–Crippen MR) is 33.6 cm³/mol. The topological polar surface area (TPSA) is 17.1 Å². The highest BCUT2D eigenvalue weighted by molar-refractivity contribution is 5.94. The molecule has 0 saturated heterocycles. The van der Waals surface area contributed by atoms with Crippen molar-refractivity contribution in [3.05, 3.63) is 17.9 Å². The van der Waals surface area contributed by atoms with E-state index in [-0.39, 0.29) is 5.78 Å². The van der Waals surface area contributed by atoms with Gasteiger partial charge in [-0.15, -0.1) is 5.73 Å². The largest absolute Gasteiger partial charge is 0.294 e. The second-order valence-electron chi connectivity index (χ2n) is 1.58. The van der Waals surface area contributed by atoms with Gasteiger partial charge in [0, 0.05) is 12.0 Å². The van der Waals surface area contributed by atoms with E-state index in [2.05, 4.69) is 12.3 Å². The van der Waals surface area contributed by atoms with Crippen molar-refractivity contribution in [3.63, 3.8) is 0 Å². The van der Waals surface area contributed by atoms with E-state index in [1.165, 1.54) is 0 Å². The van der Waals surface area contributed by atoms with Crippen LogP contribution in [0.4, 0.5) is 0 Å². The lowest BCUT2D eigenvalue weighted by atomic mass is 10.2. The quantitative estimate of drug-likeness (QED) is 0.390. The zero-order chi connectivity index (χ0) is 6.57. The molecule has 0 aromatic rings. The molecular formula is C7H10O. The molecular weight excluding hydrogens is 100 g/mol. The third-order valence-electron chi connectivity index (χ3n) is 1.00. The normalized spacial score (nSPS) is 7.75. The summed E-state index contributed by atoms with van der Waals surface area (Å²) in [6.07, 6.45) is 0.550. The van der Waals surface area contributed by atoms with Crippen molar-refractivity contribution in [2.75, 3.05) is 0 Å². The molecule has 0 aliphatic carbocycles. The Morgan fingerprint density at radius 3 is 2.38 bits per heavy atom. The minimum Gasteiger partial charge on any atom is -0.294 e. The summed E-state index contributed by atoms with van der Waals surface area (Å²) in [7, 11) is 0. The fraction of sp³-hybridized carbons (Fsp3) is 0.429. The fourth-order valence-electron chi connectivity index (χ4n) is 0.364. The Hall–Kier alpha value is -0.810. The first kappa shape index (κ1) is 7.19. The van der Waals surface area contributed by atoms with Crippen molar-refractivity contribution in [1.29, 1.82) is 0 Å². The summed E-state index contributed by atoms with van der Waals surface area (Å²) >= 11 is 0. The SMILES string of the molecule is C=C=C(C)C(=O)CC. The van der Waals surface area contributed by atoms with E-state index in [1.807, 2.05) is 6.92 Å². The Bertz CT molecular complexity index is 138. The zero-order valence-electron chi connectivity index (χ0n) is 5.32. The number of carbonyl (C=O) groups is 1. The maximum absolute atomic E-state index is 10.6. The lowest BCUT2D eigenvalue weighted by Crippen LogP contribution is -1.93. The summed E-state index contributed by atoms with van der Waals surface area (Å²) < 4.78 is 0. The third-order valence-corrected chi connectivity index (χ3v) is 1.00. The second kappa shape index (κ2) is 3.23. The van der Waals surface area contributed by atoms with Gasteiger partial charge in [0.1, 0.15) is 0 Å². The van der Waals surface area contributed by atoms with Crippen LogP contribution in [0.2, 0.25) is 0 Å². The highest BCUT2D eigenvalue weighted by Gasteiger charge is 1.96. The highest BCUT2D eigenvalue weighted by Crippen LogP contribution is 1.93. The molecule has 0 radical (unpaired) electrons. The maximum atomic E-state index is 10.6. The molecule has 0 fully saturated rings. The van der Waals surface area contributed by atoms with Crippen LogP contribution in [0.15, 0.2) is 17.9 Å². The van der Waals surface area contributed by atoms with Gasteiger partial charge >= 0.3 is 0 Å². The van der Waals surface area contributed by atoms with Crippen LogP contribution in [0.5, 0.6) is 0 Å². The smallest absolute Gasteiger partial charge is 0.165 e. The minimum atomic E-state index is 0.125. The molecule has 1 nitrogen and oxygen atoms in total. The van der Waals surface area contributed by atoms with Gasteiger partial charge in [-0.2, -0.15) is 0 Å². The van der Waals surface area contributed by atoms with Gasteiger partial charge in [-0.3, -0.25) is 4.79 Å². The predicted octanol–water partition coefficient (Wildman–Crippen LogP) is 1.70. The molecule has 0 saturated carbocycles. The molecule has 0 spiro atoms. The van der Waals surface area contributed by atoms with Crippen LogP contribution in [-0.4, -0.2) is 5.78 Å². The van der Waals surface area contributed by atoms with Crippen LogP contribution < -0.4 is 0 Å². The van der Waals surface area contributed by atoms with E-state index in [0.717, 1.165) is 0 Å². The van der Waals surface area contributed by atoms with Crippen LogP contribution in [0.1, 0.15) is 20.3 Å². The van der Waals surface area contributed by atoms with Crippen LogP contribution in [-0.2, 0) is 4.79 Å². The maximum Gasteiger partial charge on any atom is 0.165 e. The molecule has 0 heterocycles. The molecule has 0 bridgehead atoms. The fourth-order valence-corrected chi connectivity index (χ4v) is 0.364. The Morgan fingerprint density at radius 2 is 2.25 bits per heavy atom. The number of hydrogen-bond acceptors (Lipinski definition) is 1. The van der Waals surface area contributed by atoms with Crippen molar-refractivity contribution in [2.24, 2.45) is 0 Å². The van der Waals surface area contributed by atoms with Crippen molar-refractivity contribution >= 4 is 5.78 Å². The molecule has 44 valence electrons. The average molecular weight is 110 g/mol. The summed E-state index contributed by atoms with van der Waals surface area (Å²) in [6, 6.07) is 0. The van der Waals surface area contributed by atoms with E-state index in [9.17, 15) is 4.79 Å². The molecule has 0 N–H and O–H groups in total. The molecule has 8 heavy (non-hydrogen) atoms. The van der Waals surface area contributed by atoms with E-state index >= 15 is 0 Å². The summed E-state index contributed by atoms with van der Waals surface area (Å²) in [4.78, 5) is 10.6. The molecule has 0 aliphatic rings. The van der Waals surface area contributed by atoms with Crippen molar-refractivity contribution in [1.82, 2.24) is 0 Å². The Balaban J connectivity index is 4.04. The molecule has 0 rings (SSSR count). The van der Waals surface area contributed by atoms with Crippen LogP contribution in [0, 0.1) is 0 Å². The highest BCUT2D eigenvalue weighted by atomic mass is 16.1. The lowest BCUT2D eigenvalue weighted by Gasteiger charge is -1.87. The van der Waals surface area contributed by atoms with Gasteiger partial charge in [-0.1, -0.05) is 13.5 Å². The molecule has 0 aliphatic heterocycles. The first-order chi connectivity index (χ1) is 3.72. The molecule has 1 heteroatoms. The summed E-state index contributed by atoms with van der Waals surface area (Å²) in [5.74, 6) is 0.125. The summed E-state index contributed by atoms with van der Waals surface area (Å²) in [5, 5.41) is 0. The van der Waals surface area contributed by atoms with E-state index < -0.39 is 0 Å².